The van der Waals surface area contributed by atoms with Crippen LogP contribution in [0.3, 0.4) is 0 Å². The Labute approximate surface area is 95.1 Å². The lowest BCUT2D eigenvalue weighted by Gasteiger charge is -2.25. The van der Waals surface area contributed by atoms with E-state index in [4.69, 9.17) is 5.73 Å². The Morgan fingerprint density at radius 1 is 1.44 bits per heavy atom. The van der Waals surface area contributed by atoms with Gasteiger partial charge >= 0.3 is 0 Å². The molecule has 0 saturated heterocycles. The highest BCUT2D eigenvalue weighted by Crippen LogP contribution is 2.24. The molecule has 2 unspecified atom stereocenters. The average Bonchev–Trinajstić information content (AvgIpc) is 2.27. The fourth-order valence-electron chi connectivity index (χ4n) is 2.16. The first kappa shape index (κ1) is 11.1. The number of hydrogen-bond acceptors (Lipinski definition) is 5. The average molecular weight is 222 g/mol. The van der Waals surface area contributed by atoms with E-state index in [1.165, 1.54) is 12.6 Å². The van der Waals surface area contributed by atoms with Gasteiger partial charge in [-0.3, -0.25) is 4.98 Å². The van der Waals surface area contributed by atoms with Crippen LogP contribution in [0.5, 0.6) is 0 Å². The minimum atomic E-state index is -0.132. The molecule has 1 fully saturated rings. The van der Waals surface area contributed by atoms with Crippen molar-refractivity contribution >= 4 is 11.6 Å². The van der Waals surface area contributed by atoms with Crippen molar-refractivity contribution in [2.24, 2.45) is 5.92 Å². The number of nitrogens with one attached hydrogen (secondary N) is 1. The van der Waals surface area contributed by atoms with Gasteiger partial charge in [0.05, 0.1) is 18.5 Å². The molecule has 1 aliphatic carbocycles. The number of nitrogen functional groups attached to an aromatic ring is 1. The van der Waals surface area contributed by atoms with Crippen LogP contribution in [0.4, 0.5) is 11.6 Å². The van der Waals surface area contributed by atoms with Gasteiger partial charge in [-0.25, -0.2) is 4.98 Å². The Hall–Kier alpha value is -1.36. The van der Waals surface area contributed by atoms with Crippen LogP contribution in [0.15, 0.2) is 12.4 Å². The predicted molar refractivity (Wildman–Crippen MR) is 62.9 cm³/mol. The molecule has 1 aliphatic rings. The number of aliphatic hydroxyl groups is 1. The van der Waals surface area contributed by atoms with Crippen LogP contribution < -0.4 is 11.1 Å². The standard InChI is InChI=1S/C11H18N4O/c12-10-6-13-7-11(15-10)14-5-8-2-1-3-9(16)4-8/h6-9,16H,1-5H2,(H3,12,14,15). The van der Waals surface area contributed by atoms with Gasteiger partial charge in [-0.1, -0.05) is 6.42 Å². The summed E-state index contributed by atoms with van der Waals surface area (Å²) in [5.74, 6) is 1.65. The van der Waals surface area contributed by atoms with Gasteiger partial charge in [-0.15, -0.1) is 0 Å². The Morgan fingerprint density at radius 2 is 2.31 bits per heavy atom. The van der Waals surface area contributed by atoms with Gasteiger partial charge in [-0.05, 0) is 25.2 Å². The molecule has 0 radical (unpaired) electrons. The van der Waals surface area contributed by atoms with E-state index in [0.717, 1.165) is 25.8 Å². The van der Waals surface area contributed by atoms with Crippen LogP contribution in [0, 0.1) is 5.92 Å². The molecule has 4 N–H and O–H groups in total. The van der Waals surface area contributed by atoms with Crippen LogP contribution in [0.2, 0.25) is 0 Å². The molecular formula is C11H18N4O. The molecule has 0 spiro atoms. The van der Waals surface area contributed by atoms with Gasteiger partial charge in [0, 0.05) is 6.54 Å². The third-order valence-corrected chi connectivity index (χ3v) is 2.98. The molecule has 2 atom stereocenters. The van der Waals surface area contributed by atoms with Gasteiger partial charge in [0.2, 0.25) is 0 Å². The lowest BCUT2D eigenvalue weighted by atomic mass is 9.87. The Morgan fingerprint density at radius 3 is 3.06 bits per heavy atom. The fourth-order valence-corrected chi connectivity index (χ4v) is 2.16. The van der Waals surface area contributed by atoms with Crippen LogP contribution in [0.1, 0.15) is 25.7 Å². The maximum Gasteiger partial charge on any atom is 0.146 e. The zero-order chi connectivity index (χ0) is 11.4. The second-order valence-corrected chi connectivity index (χ2v) is 4.40. The van der Waals surface area contributed by atoms with E-state index in [9.17, 15) is 5.11 Å². The molecule has 88 valence electrons. The summed E-state index contributed by atoms with van der Waals surface area (Å²) < 4.78 is 0. The summed E-state index contributed by atoms with van der Waals surface area (Å²) in [4.78, 5) is 8.08. The molecule has 1 aromatic rings. The second kappa shape index (κ2) is 5.12. The third kappa shape index (κ3) is 3.06. The van der Waals surface area contributed by atoms with Gasteiger partial charge < -0.3 is 16.2 Å². The van der Waals surface area contributed by atoms with Crippen molar-refractivity contribution in [3.05, 3.63) is 12.4 Å². The first-order valence-corrected chi connectivity index (χ1v) is 5.73. The maximum absolute atomic E-state index is 9.55. The third-order valence-electron chi connectivity index (χ3n) is 2.98. The number of aromatic nitrogens is 2. The molecule has 0 bridgehead atoms. The normalized spacial score (nSPS) is 25.3. The number of nitrogens with two attached hydrogens (primary N) is 1. The zero-order valence-corrected chi connectivity index (χ0v) is 9.26. The second-order valence-electron chi connectivity index (χ2n) is 4.40. The smallest absolute Gasteiger partial charge is 0.146 e. The minimum Gasteiger partial charge on any atom is -0.393 e. The van der Waals surface area contributed by atoms with Gasteiger partial charge in [0.1, 0.15) is 11.6 Å². The van der Waals surface area contributed by atoms with E-state index < -0.39 is 0 Å². The Balaban J connectivity index is 1.82. The zero-order valence-electron chi connectivity index (χ0n) is 9.26. The summed E-state index contributed by atoms with van der Waals surface area (Å²) in [6, 6.07) is 0. The highest BCUT2D eigenvalue weighted by Gasteiger charge is 2.19. The van der Waals surface area contributed by atoms with E-state index >= 15 is 0 Å². The molecule has 0 aliphatic heterocycles. The molecule has 2 rings (SSSR count). The van der Waals surface area contributed by atoms with Crippen LogP contribution in [0.25, 0.3) is 0 Å². The molecule has 5 nitrogen and oxygen atoms in total. The monoisotopic (exact) mass is 222 g/mol. The first-order chi connectivity index (χ1) is 7.74. The number of nitrogens with zero attached hydrogens (tertiary/aromatic N) is 2. The quantitative estimate of drug-likeness (QED) is 0.711. The van der Waals surface area contributed by atoms with E-state index in [0.29, 0.717) is 17.6 Å². The van der Waals surface area contributed by atoms with Crippen molar-refractivity contribution in [3.8, 4) is 0 Å². The molecule has 0 aromatic carbocycles. The SMILES string of the molecule is Nc1cncc(NCC2CCCC(O)C2)n1. The summed E-state index contributed by atoms with van der Waals surface area (Å²) >= 11 is 0. The molecule has 5 heteroatoms. The molecule has 0 amide bonds. The Bertz CT molecular complexity index is 345. The van der Waals surface area contributed by atoms with Crippen molar-refractivity contribution in [1.29, 1.82) is 0 Å². The molecule has 1 aromatic heterocycles. The predicted octanol–water partition coefficient (Wildman–Crippen LogP) is 1.02. The largest absolute Gasteiger partial charge is 0.393 e. The summed E-state index contributed by atoms with van der Waals surface area (Å²) in [6.45, 7) is 0.829. The van der Waals surface area contributed by atoms with Gasteiger partial charge in [-0.2, -0.15) is 0 Å². The van der Waals surface area contributed by atoms with Crippen LogP contribution in [-0.2, 0) is 0 Å². The summed E-state index contributed by atoms with van der Waals surface area (Å²) in [7, 11) is 0. The molecular weight excluding hydrogens is 204 g/mol. The van der Waals surface area contributed by atoms with Gasteiger partial charge in [0.15, 0.2) is 0 Å². The van der Waals surface area contributed by atoms with Crippen LogP contribution >= 0.6 is 0 Å². The van der Waals surface area contributed by atoms with Crippen molar-refractivity contribution < 1.29 is 5.11 Å². The fraction of sp³-hybridized carbons (Fsp3) is 0.636. The molecule has 1 heterocycles. The summed E-state index contributed by atoms with van der Waals surface area (Å²) in [6.07, 6.45) is 7.14. The number of aliphatic hydroxyl groups excluding tert-OH is 1. The molecule has 16 heavy (non-hydrogen) atoms. The van der Waals surface area contributed by atoms with Crippen LogP contribution in [-0.4, -0.2) is 27.7 Å². The number of hydrogen-bond donors (Lipinski definition) is 3. The highest BCUT2D eigenvalue weighted by atomic mass is 16.3. The topological polar surface area (TPSA) is 84.1 Å². The van der Waals surface area contributed by atoms with E-state index in [1.54, 1.807) is 6.20 Å². The van der Waals surface area contributed by atoms with E-state index in [1.807, 2.05) is 0 Å². The minimum absolute atomic E-state index is 0.132. The summed E-state index contributed by atoms with van der Waals surface area (Å²) in [5, 5.41) is 12.8. The van der Waals surface area contributed by atoms with Crippen molar-refractivity contribution in [2.45, 2.75) is 31.8 Å². The lowest BCUT2D eigenvalue weighted by Crippen LogP contribution is -2.25. The lowest BCUT2D eigenvalue weighted by molar-refractivity contribution is 0.104. The maximum atomic E-state index is 9.55. The van der Waals surface area contributed by atoms with Crippen molar-refractivity contribution in [1.82, 2.24) is 9.97 Å². The van der Waals surface area contributed by atoms with Crippen molar-refractivity contribution in [2.75, 3.05) is 17.6 Å². The first-order valence-electron chi connectivity index (χ1n) is 5.73. The number of anilines is 2. The highest BCUT2D eigenvalue weighted by molar-refractivity contribution is 5.38. The number of rotatable bonds is 3. The van der Waals surface area contributed by atoms with Gasteiger partial charge in [0.25, 0.3) is 0 Å². The van der Waals surface area contributed by atoms with E-state index in [-0.39, 0.29) is 6.10 Å². The molecule has 1 saturated carbocycles. The van der Waals surface area contributed by atoms with Crippen molar-refractivity contribution in [3.63, 3.8) is 0 Å². The summed E-state index contributed by atoms with van der Waals surface area (Å²) in [5.41, 5.74) is 5.54. The Kier molecular flexibility index (Phi) is 3.56. The van der Waals surface area contributed by atoms with E-state index in [2.05, 4.69) is 15.3 Å².